The first-order valence-electron chi connectivity index (χ1n) is 16.7. The number of ether oxygens (including phenoxy) is 1. The number of nitrogens with zero attached hydrogens (tertiary/aromatic N) is 2. The summed E-state index contributed by atoms with van der Waals surface area (Å²) in [5, 5.41) is 28.6. The van der Waals surface area contributed by atoms with Crippen molar-refractivity contribution in [3.05, 3.63) is 53.3 Å². The number of fused-ring (bicyclic) bond motifs is 2. The fourth-order valence-corrected chi connectivity index (χ4v) is 8.18. The molecule has 2 aromatic carbocycles. The summed E-state index contributed by atoms with van der Waals surface area (Å²) in [6.45, 7) is 9.21. The summed E-state index contributed by atoms with van der Waals surface area (Å²) < 4.78 is 20.7. The quantitative estimate of drug-likeness (QED) is 0.275. The van der Waals surface area contributed by atoms with E-state index in [1.54, 1.807) is 18.1 Å². The zero-order valence-electron chi connectivity index (χ0n) is 28.6. The molecule has 1 saturated heterocycles. The second-order valence-corrected chi connectivity index (χ2v) is 14.5. The summed E-state index contributed by atoms with van der Waals surface area (Å²) in [6.07, 6.45) is 0.408. The molecule has 258 valence electrons. The lowest BCUT2D eigenvalue weighted by Gasteiger charge is -2.62. The average molecular weight is 655 g/mol. The second kappa shape index (κ2) is 14.2. The van der Waals surface area contributed by atoms with E-state index in [-0.39, 0.29) is 36.1 Å². The molecule has 2 unspecified atom stereocenters. The standard InChI is InChI=1S/C36H51FN4O6/c1-20-27-16-24(36(27,3)4)17-29(20)39-35(45)32-31(21(2)43)30(19-42)47-41(32)18-23-9-8-10-25(33(23)46-7)22-11-12-28(37)26(15-22)34(44)38-13-14-40(5)6/h8-12,15,20-21,24,27,29-32,42-43H,13-14,16-19H2,1-7H3,(H,38,44)(H,39,45)/t20-,21?,24+,27-,29-,30-,31?,32-/m0/s1. The molecule has 47 heavy (non-hydrogen) atoms. The highest BCUT2D eigenvalue weighted by Gasteiger charge is 2.57. The third kappa shape index (κ3) is 6.91. The van der Waals surface area contributed by atoms with E-state index in [0.29, 0.717) is 53.3 Å². The zero-order valence-corrected chi connectivity index (χ0v) is 28.6. The number of benzene rings is 2. The van der Waals surface area contributed by atoms with Crippen LogP contribution in [0.25, 0.3) is 11.1 Å². The highest BCUT2D eigenvalue weighted by molar-refractivity contribution is 5.96. The molecule has 2 aromatic rings. The summed E-state index contributed by atoms with van der Waals surface area (Å²) in [5.41, 5.74) is 2.10. The van der Waals surface area contributed by atoms with Crippen molar-refractivity contribution >= 4 is 11.8 Å². The fraction of sp³-hybridized carbons (Fsp3) is 0.611. The normalized spacial score (nSPS) is 28.9. The molecule has 11 heteroatoms. The second-order valence-electron chi connectivity index (χ2n) is 14.5. The number of carbonyl (C=O) groups excluding carboxylic acids is 2. The van der Waals surface area contributed by atoms with Gasteiger partial charge in [0, 0.05) is 36.2 Å². The number of hydrogen-bond donors (Lipinski definition) is 4. The topological polar surface area (TPSA) is 124 Å². The Morgan fingerprint density at radius 1 is 1.21 bits per heavy atom. The first-order valence-corrected chi connectivity index (χ1v) is 16.7. The Balaban J connectivity index is 1.40. The van der Waals surface area contributed by atoms with Gasteiger partial charge in [0.1, 0.15) is 23.7 Å². The third-order valence-electron chi connectivity index (χ3n) is 11.1. The molecule has 4 fully saturated rings. The number of rotatable bonds is 12. The van der Waals surface area contributed by atoms with Crippen molar-refractivity contribution in [2.75, 3.05) is 40.9 Å². The van der Waals surface area contributed by atoms with Gasteiger partial charge in [0.15, 0.2) is 0 Å². The minimum absolute atomic E-state index is 0.0227. The van der Waals surface area contributed by atoms with E-state index in [9.17, 15) is 24.2 Å². The molecule has 0 spiro atoms. The lowest BCUT2D eigenvalue weighted by molar-refractivity contribution is -0.183. The number of aliphatic hydroxyl groups excluding tert-OH is 2. The van der Waals surface area contributed by atoms with Gasteiger partial charge in [-0.05, 0) is 74.7 Å². The van der Waals surface area contributed by atoms with Crippen LogP contribution in [-0.2, 0) is 16.2 Å². The molecule has 6 rings (SSSR count). The molecule has 2 bridgehead atoms. The number of halogens is 1. The molecule has 4 aliphatic rings. The summed E-state index contributed by atoms with van der Waals surface area (Å²) in [6, 6.07) is 9.03. The van der Waals surface area contributed by atoms with Gasteiger partial charge in [-0.25, -0.2) is 4.39 Å². The van der Waals surface area contributed by atoms with Gasteiger partial charge in [0.05, 0.1) is 31.9 Å². The molecule has 0 radical (unpaired) electrons. The SMILES string of the molecule is COc1c(CN2O[C@@H](CO)C(C(C)O)[C@H]2C(=O)N[C@H]2C[C@H]3C[C@@H]([C@@H]2C)C3(C)C)cccc1-c1ccc(F)c(C(=O)NCCN(C)C)c1. The first kappa shape index (κ1) is 35.2. The highest BCUT2D eigenvalue weighted by Crippen LogP contribution is 2.61. The van der Waals surface area contributed by atoms with Crippen molar-refractivity contribution in [1.29, 1.82) is 0 Å². The maximum Gasteiger partial charge on any atom is 0.254 e. The largest absolute Gasteiger partial charge is 0.496 e. The number of hydrogen-bond acceptors (Lipinski definition) is 8. The van der Waals surface area contributed by atoms with Gasteiger partial charge < -0.3 is 30.5 Å². The van der Waals surface area contributed by atoms with Gasteiger partial charge in [-0.1, -0.05) is 45.0 Å². The highest BCUT2D eigenvalue weighted by atomic mass is 19.1. The van der Waals surface area contributed by atoms with E-state index in [1.165, 1.54) is 25.7 Å². The maximum absolute atomic E-state index is 14.8. The summed E-state index contributed by atoms with van der Waals surface area (Å²) >= 11 is 0. The Morgan fingerprint density at radius 2 is 1.96 bits per heavy atom. The van der Waals surface area contributed by atoms with E-state index in [0.717, 1.165) is 6.42 Å². The third-order valence-corrected chi connectivity index (χ3v) is 11.1. The van der Waals surface area contributed by atoms with Crippen LogP contribution in [0.5, 0.6) is 5.75 Å². The van der Waals surface area contributed by atoms with E-state index in [1.807, 2.05) is 37.2 Å². The Bertz CT molecular complexity index is 1450. The molecular formula is C36H51FN4O6. The smallest absolute Gasteiger partial charge is 0.254 e. The fourth-order valence-electron chi connectivity index (χ4n) is 8.18. The van der Waals surface area contributed by atoms with Crippen LogP contribution in [0.2, 0.25) is 0 Å². The molecule has 10 nitrogen and oxygen atoms in total. The number of nitrogens with one attached hydrogen (secondary N) is 2. The van der Waals surface area contributed by atoms with Crippen LogP contribution in [0.4, 0.5) is 4.39 Å². The van der Waals surface area contributed by atoms with E-state index < -0.39 is 35.9 Å². The number of para-hydroxylation sites is 1. The Kier molecular flexibility index (Phi) is 10.6. The van der Waals surface area contributed by atoms with E-state index in [2.05, 4.69) is 31.4 Å². The van der Waals surface area contributed by atoms with Crippen molar-refractivity contribution in [1.82, 2.24) is 20.6 Å². The van der Waals surface area contributed by atoms with Crippen LogP contribution >= 0.6 is 0 Å². The molecule has 3 saturated carbocycles. The van der Waals surface area contributed by atoms with Crippen molar-refractivity contribution in [3.8, 4) is 16.9 Å². The lowest BCUT2D eigenvalue weighted by Crippen LogP contribution is -2.62. The first-order chi connectivity index (χ1) is 22.3. The predicted molar refractivity (Wildman–Crippen MR) is 177 cm³/mol. The van der Waals surface area contributed by atoms with Gasteiger partial charge in [0.25, 0.3) is 5.91 Å². The van der Waals surface area contributed by atoms with Gasteiger partial charge in [-0.3, -0.25) is 14.4 Å². The van der Waals surface area contributed by atoms with Gasteiger partial charge in [0.2, 0.25) is 5.91 Å². The van der Waals surface area contributed by atoms with Gasteiger partial charge in [-0.15, -0.1) is 0 Å². The van der Waals surface area contributed by atoms with Gasteiger partial charge >= 0.3 is 0 Å². The number of likely N-dealkylation sites (N-methyl/N-ethyl adjacent to an activating group) is 1. The average Bonchev–Trinajstić information content (AvgIpc) is 3.40. The number of hydroxylamine groups is 2. The number of carbonyl (C=O) groups is 2. The Morgan fingerprint density at radius 3 is 2.57 bits per heavy atom. The zero-order chi connectivity index (χ0) is 34.2. The molecule has 2 amide bonds. The number of aliphatic hydroxyl groups is 2. The summed E-state index contributed by atoms with van der Waals surface area (Å²) in [5.74, 6) is -0.128. The van der Waals surface area contributed by atoms with Crippen molar-refractivity contribution in [2.45, 2.75) is 71.4 Å². The van der Waals surface area contributed by atoms with E-state index >= 15 is 0 Å². The monoisotopic (exact) mass is 654 g/mol. The van der Waals surface area contributed by atoms with Crippen LogP contribution in [0.3, 0.4) is 0 Å². The van der Waals surface area contributed by atoms with Crippen LogP contribution in [-0.4, -0.2) is 97.2 Å². The minimum Gasteiger partial charge on any atom is -0.496 e. The minimum atomic E-state index is -0.918. The summed E-state index contributed by atoms with van der Waals surface area (Å²) in [4.78, 5) is 35.0. The molecular weight excluding hydrogens is 603 g/mol. The number of amides is 2. The Labute approximate surface area is 277 Å². The molecule has 1 heterocycles. The van der Waals surface area contributed by atoms with Crippen LogP contribution in [0, 0.1) is 34.9 Å². The maximum atomic E-state index is 14.8. The van der Waals surface area contributed by atoms with E-state index in [4.69, 9.17) is 9.57 Å². The summed E-state index contributed by atoms with van der Waals surface area (Å²) in [7, 11) is 5.31. The molecule has 0 aromatic heterocycles. The molecule has 3 aliphatic carbocycles. The Hall–Kier alpha value is -3.09. The van der Waals surface area contributed by atoms with Crippen LogP contribution < -0.4 is 15.4 Å². The molecule has 8 atom stereocenters. The molecule has 4 N–H and O–H groups in total. The van der Waals surface area contributed by atoms with Crippen molar-refractivity contribution in [2.24, 2.45) is 29.1 Å². The van der Waals surface area contributed by atoms with Crippen molar-refractivity contribution < 1.29 is 33.8 Å². The number of methoxy groups -OCH3 is 1. The predicted octanol–water partition coefficient (Wildman–Crippen LogP) is 3.45. The van der Waals surface area contributed by atoms with Crippen LogP contribution in [0.1, 0.15) is 56.5 Å². The van der Waals surface area contributed by atoms with Crippen LogP contribution in [0.15, 0.2) is 36.4 Å². The molecule has 1 aliphatic heterocycles. The van der Waals surface area contributed by atoms with Gasteiger partial charge in [-0.2, -0.15) is 5.06 Å². The lowest BCUT2D eigenvalue weighted by atomic mass is 9.45. The van der Waals surface area contributed by atoms with Crippen molar-refractivity contribution in [3.63, 3.8) is 0 Å².